The Balaban J connectivity index is 1.70. The molecule has 2 N–H and O–H groups in total. The molecular weight excluding hydrogens is 258 g/mol. The van der Waals surface area contributed by atoms with Crippen molar-refractivity contribution in [1.82, 2.24) is 10.3 Å². The van der Waals surface area contributed by atoms with E-state index in [0.29, 0.717) is 0 Å². The van der Waals surface area contributed by atoms with Gasteiger partial charge in [0, 0.05) is 6.54 Å². The van der Waals surface area contributed by atoms with Crippen LogP contribution >= 0.6 is 11.3 Å². The number of rotatable bonds is 4. The Labute approximate surface area is 117 Å². The van der Waals surface area contributed by atoms with Gasteiger partial charge < -0.3 is 15.4 Å². The first-order chi connectivity index (χ1) is 9.36. The summed E-state index contributed by atoms with van der Waals surface area (Å²) in [6.07, 6.45) is 2.50. The minimum Gasteiger partial charge on any atom is -0.494 e. The third-order valence-electron chi connectivity index (χ3n) is 3.60. The van der Waals surface area contributed by atoms with Crippen LogP contribution in [0.4, 0.5) is 5.13 Å². The molecule has 1 aromatic heterocycles. The normalized spacial score (nSPS) is 16.7. The number of fused-ring (bicyclic) bond motifs is 1. The third kappa shape index (κ3) is 2.82. The summed E-state index contributed by atoms with van der Waals surface area (Å²) in [6.45, 7) is 3.30. The van der Waals surface area contributed by atoms with Crippen LogP contribution in [0.1, 0.15) is 12.8 Å². The highest BCUT2D eigenvalue weighted by Gasteiger charge is 2.14. The van der Waals surface area contributed by atoms with E-state index in [4.69, 9.17) is 4.74 Å². The van der Waals surface area contributed by atoms with Gasteiger partial charge in [0.25, 0.3) is 0 Å². The highest BCUT2D eigenvalue weighted by Crippen LogP contribution is 2.32. The maximum absolute atomic E-state index is 5.34. The zero-order valence-electron chi connectivity index (χ0n) is 11.1. The number of nitrogens with zero attached hydrogens (tertiary/aromatic N) is 1. The van der Waals surface area contributed by atoms with E-state index in [0.717, 1.165) is 41.9 Å². The number of thiazole rings is 1. The number of aromatic nitrogens is 1. The fourth-order valence-corrected chi connectivity index (χ4v) is 3.37. The van der Waals surface area contributed by atoms with Gasteiger partial charge in [-0.3, -0.25) is 0 Å². The summed E-state index contributed by atoms with van der Waals surface area (Å²) in [7, 11) is 1.69. The van der Waals surface area contributed by atoms with Crippen LogP contribution in [-0.4, -0.2) is 31.7 Å². The number of anilines is 1. The number of nitrogens with one attached hydrogen (secondary N) is 2. The number of ether oxygens (including phenoxy) is 1. The van der Waals surface area contributed by atoms with Crippen LogP contribution in [0, 0.1) is 5.92 Å². The molecule has 2 aromatic rings. The van der Waals surface area contributed by atoms with E-state index in [-0.39, 0.29) is 0 Å². The lowest BCUT2D eigenvalue weighted by Crippen LogP contribution is -2.31. The molecule has 0 amide bonds. The fraction of sp³-hybridized carbons (Fsp3) is 0.500. The van der Waals surface area contributed by atoms with Gasteiger partial charge >= 0.3 is 0 Å². The Morgan fingerprint density at radius 1 is 1.42 bits per heavy atom. The molecule has 0 saturated carbocycles. The van der Waals surface area contributed by atoms with Crippen molar-refractivity contribution < 1.29 is 4.74 Å². The van der Waals surface area contributed by atoms with E-state index < -0.39 is 0 Å². The Kier molecular flexibility index (Phi) is 3.84. The monoisotopic (exact) mass is 277 g/mol. The van der Waals surface area contributed by atoms with Crippen LogP contribution in [-0.2, 0) is 0 Å². The predicted molar refractivity (Wildman–Crippen MR) is 80.3 cm³/mol. The molecular formula is C14H19N3OS. The van der Waals surface area contributed by atoms with Crippen molar-refractivity contribution in [3.05, 3.63) is 18.2 Å². The summed E-state index contributed by atoms with van der Waals surface area (Å²) >= 11 is 1.70. The highest BCUT2D eigenvalue weighted by atomic mass is 32.1. The molecule has 3 rings (SSSR count). The van der Waals surface area contributed by atoms with Gasteiger partial charge in [-0.25, -0.2) is 4.98 Å². The van der Waals surface area contributed by atoms with Gasteiger partial charge in [0.1, 0.15) is 11.3 Å². The molecule has 0 unspecified atom stereocenters. The second-order valence-corrected chi connectivity index (χ2v) is 5.93. The van der Waals surface area contributed by atoms with Crippen molar-refractivity contribution in [2.75, 3.05) is 32.1 Å². The molecule has 0 aliphatic carbocycles. The molecule has 1 saturated heterocycles. The van der Waals surface area contributed by atoms with Crippen LogP contribution < -0.4 is 15.4 Å². The van der Waals surface area contributed by atoms with Gasteiger partial charge in [0.2, 0.25) is 0 Å². The van der Waals surface area contributed by atoms with Gasteiger partial charge in [-0.15, -0.1) is 0 Å². The summed E-state index contributed by atoms with van der Waals surface area (Å²) in [6, 6.07) is 6.06. The van der Waals surface area contributed by atoms with E-state index in [1.54, 1.807) is 18.4 Å². The average Bonchev–Trinajstić information content (AvgIpc) is 2.89. The van der Waals surface area contributed by atoms with Crippen LogP contribution in [0.15, 0.2) is 18.2 Å². The second kappa shape index (κ2) is 5.75. The number of hydrogen-bond acceptors (Lipinski definition) is 5. The maximum atomic E-state index is 5.34. The lowest BCUT2D eigenvalue weighted by molar-refractivity contribution is 0.390. The summed E-state index contributed by atoms with van der Waals surface area (Å²) in [5.74, 6) is 1.61. The Morgan fingerprint density at radius 2 is 2.26 bits per heavy atom. The van der Waals surface area contributed by atoms with E-state index in [1.165, 1.54) is 17.5 Å². The molecule has 19 heavy (non-hydrogen) atoms. The molecule has 1 fully saturated rings. The van der Waals surface area contributed by atoms with Gasteiger partial charge in [0.15, 0.2) is 5.13 Å². The van der Waals surface area contributed by atoms with Crippen molar-refractivity contribution >= 4 is 26.7 Å². The predicted octanol–water partition coefficient (Wildman–Crippen LogP) is 2.72. The standard InChI is InChI=1S/C14H19N3OS/c1-18-11-3-2-4-12-13(11)17-14(19-12)16-9-10-5-7-15-8-6-10/h2-4,10,15H,5-9H2,1H3,(H,16,17). The molecule has 2 heterocycles. The van der Waals surface area contributed by atoms with Gasteiger partial charge in [-0.1, -0.05) is 17.4 Å². The zero-order valence-corrected chi connectivity index (χ0v) is 11.9. The molecule has 1 aliphatic heterocycles. The van der Waals surface area contributed by atoms with E-state index in [1.807, 2.05) is 12.1 Å². The summed E-state index contributed by atoms with van der Waals surface area (Å²) in [4.78, 5) is 4.63. The molecule has 1 aromatic carbocycles. The van der Waals surface area contributed by atoms with Gasteiger partial charge in [-0.2, -0.15) is 0 Å². The summed E-state index contributed by atoms with van der Waals surface area (Å²) in [5.41, 5.74) is 0.961. The molecule has 102 valence electrons. The largest absolute Gasteiger partial charge is 0.494 e. The van der Waals surface area contributed by atoms with Crippen molar-refractivity contribution in [3.8, 4) is 5.75 Å². The van der Waals surface area contributed by atoms with Crippen molar-refractivity contribution in [1.29, 1.82) is 0 Å². The van der Waals surface area contributed by atoms with Crippen LogP contribution in [0.2, 0.25) is 0 Å². The SMILES string of the molecule is COc1cccc2sc(NCC3CCNCC3)nc12. The van der Waals surface area contributed by atoms with Gasteiger partial charge in [-0.05, 0) is 44.0 Å². The number of piperidine rings is 1. The Bertz CT molecular complexity index is 549. The number of hydrogen-bond donors (Lipinski definition) is 2. The molecule has 0 radical (unpaired) electrons. The Hall–Kier alpha value is -1.33. The van der Waals surface area contributed by atoms with E-state index in [2.05, 4.69) is 21.7 Å². The van der Waals surface area contributed by atoms with E-state index in [9.17, 15) is 0 Å². The minimum atomic E-state index is 0.759. The molecule has 0 spiro atoms. The topological polar surface area (TPSA) is 46.2 Å². The number of para-hydroxylation sites is 1. The van der Waals surface area contributed by atoms with Crippen LogP contribution in [0.5, 0.6) is 5.75 Å². The maximum Gasteiger partial charge on any atom is 0.183 e. The molecule has 4 nitrogen and oxygen atoms in total. The van der Waals surface area contributed by atoms with Crippen molar-refractivity contribution in [2.24, 2.45) is 5.92 Å². The number of benzene rings is 1. The van der Waals surface area contributed by atoms with Crippen LogP contribution in [0.3, 0.4) is 0 Å². The highest BCUT2D eigenvalue weighted by molar-refractivity contribution is 7.22. The molecule has 0 bridgehead atoms. The minimum absolute atomic E-state index is 0.759. The lowest BCUT2D eigenvalue weighted by atomic mass is 9.98. The smallest absolute Gasteiger partial charge is 0.183 e. The second-order valence-electron chi connectivity index (χ2n) is 4.90. The number of methoxy groups -OCH3 is 1. The molecule has 5 heteroatoms. The molecule has 0 atom stereocenters. The van der Waals surface area contributed by atoms with Crippen molar-refractivity contribution in [3.63, 3.8) is 0 Å². The lowest BCUT2D eigenvalue weighted by Gasteiger charge is -2.22. The zero-order chi connectivity index (χ0) is 13.1. The summed E-state index contributed by atoms with van der Waals surface area (Å²) < 4.78 is 6.52. The third-order valence-corrected chi connectivity index (χ3v) is 4.58. The van der Waals surface area contributed by atoms with Crippen LogP contribution in [0.25, 0.3) is 10.2 Å². The fourth-order valence-electron chi connectivity index (χ4n) is 2.48. The average molecular weight is 277 g/mol. The first-order valence-electron chi connectivity index (χ1n) is 6.75. The van der Waals surface area contributed by atoms with E-state index >= 15 is 0 Å². The quantitative estimate of drug-likeness (QED) is 0.902. The first-order valence-corrected chi connectivity index (χ1v) is 7.56. The molecule has 1 aliphatic rings. The van der Waals surface area contributed by atoms with Crippen molar-refractivity contribution in [2.45, 2.75) is 12.8 Å². The van der Waals surface area contributed by atoms with Gasteiger partial charge in [0.05, 0.1) is 11.8 Å². The summed E-state index contributed by atoms with van der Waals surface area (Å²) in [5, 5.41) is 7.87. The first kappa shape index (κ1) is 12.7. The Morgan fingerprint density at radius 3 is 3.05 bits per heavy atom.